The van der Waals surface area contributed by atoms with Crippen LogP contribution in [-0.4, -0.2) is 29.9 Å². The van der Waals surface area contributed by atoms with E-state index in [9.17, 15) is 18.4 Å². The average molecular weight is 401 g/mol. The van der Waals surface area contributed by atoms with Crippen LogP contribution in [-0.2, 0) is 11.3 Å². The molecule has 1 atom stereocenters. The largest absolute Gasteiger partial charge is 0.352 e. The number of halogens is 2. The number of likely N-dealkylation sites (tertiary alicyclic amines) is 1. The smallest absolute Gasteiger partial charge is 0.321 e. The zero-order valence-corrected chi connectivity index (χ0v) is 16.2. The molecule has 1 heterocycles. The first kappa shape index (κ1) is 20.8. The van der Waals surface area contributed by atoms with Crippen LogP contribution in [0.1, 0.15) is 31.2 Å². The summed E-state index contributed by atoms with van der Waals surface area (Å²) in [5.41, 5.74) is 1.14. The Balaban J connectivity index is 1.41. The third kappa shape index (κ3) is 6.55. The molecule has 0 saturated carbocycles. The number of amides is 3. The standard InChI is InChI=1S/C22H25F2N3O2/c23-18-11-17(12-19(24)13-18)14-25-21(28)9-8-16-5-4-10-27(15-16)22(29)26-20-6-2-1-3-7-20/h1-3,6-7,11-13,16H,4-5,8-10,14-15H2,(H,25,28)(H,26,29). The normalized spacial score (nSPS) is 16.3. The minimum absolute atomic E-state index is 0.0871. The number of nitrogens with one attached hydrogen (secondary N) is 2. The van der Waals surface area contributed by atoms with Crippen molar-refractivity contribution in [3.05, 3.63) is 65.7 Å². The molecule has 5 nitrogen and oxygen atoms in total. The van der Waals surface area contributed by atoms with Crippen LogP contribution in [0.15, 0.2) is 48.5 Å². The van der Waals surface area contributed by atoms with Gasteiger partial charge >= 0.3 is 6.03 Å². The lowest BCUT2D eigenvalue weighted by Crippen LogP contribution is -2.42. The van der Waals surface area contributed by atoms with Gasteiger partial charge in [-0.15, -0.1) is 0 Å². The van der Waals surface area contributed by atoms with Crippen molar-refractivity contribution >= 4 is 17.6 Å². The van der Waals surface area contributed by atoms with E-state index >= 15 is 0 Å². The molecular weight excluding hydrogens is 376 g/mol. The van der Waals surface area contributed by atoms with E-state index in [-0.39, 0.29) is 24.4 Å². The lowest BCUT2D eigenvalue weighted by atomic mass is 9.93. The van der Waals surface area contributed by atoms with Crippen molar-refractivity contribution in [1.82, 2.24) is 10.2 Å². The highest BCUT2D eigenvalue weighted by molar-refractivity contribution is 5.89. The van der Waals surface area contributed by atoms with Gasteiger partial charge in [0.1, 0.15) is 11.6 Å². The number of carbonyl (C=O) groups is 2. The van der Waals surface area contributed by atoms with E-state index < -0.39 is 11.6 Å². The molecule has 1 saturated heterocycles. The number of piperidine rings is 1. The maximum Gasteiger partial charge on any atom is 0.321 e. The maximum absolute atomic E-state index is 13.2. The summed E-state index contributed by atoms with van der Waals surface area (Å²) in [6, 6.07) is 12.4. The van der Waals surface area contributed by atoms with Crippen molar-refractivity contribution in [1.29, 1.82) is 0 Å². The lowest BCUT2D eigenvalue weighted by molar-refractivity contribution is -0.121. The van der Waals surface area contributed by atoms with Crippen molar-refractivity contribution in [2.75, 3.05) is 18.4 Å². The van der Waals surface area contributed by atoms with Crippen LogP contribution in [0, 0.1) is 17.6 Å². The Bertz CT molecular complexity index is 825. The summed E-state index contributed by atoms with van der Waals surface area (Å²) in [6.45, 7) is 1.40. The van der Waals surface area contributed by atoms with E-state index in [0.717, 1.165) is 24.6 Å². The summed E-state index contributed by atoms with van der Waals surface area (Å²) in [6.07, 6.45) is 2.85. The Kier molecular flexibility index (Phi) is 7.16. The molecule has 154 valence electrons. The van der Waals surface area contributed by atoms with Crippen molar-refractivity contribution in [3.63, 3.8) is 0 Å². The minimum atomic E-state index is -0.662. The van der Waals surface area contributed by atoms with E-state index in [2.05, 4.69) is 10.6 Å². The van der Waals surface area contributed by atoms with E-state index in [4.69, 9.17) is 0 Å². The number of hydrogen-bond donors (Lipinski definition) is 2. The molecule has 3 amide bonds. The fraction of sp³-hybridized carbons (Fsp3) is 0.364. The van der Waals surface area contributed by atoms with Gasteiger partial charge < -0.3 is 15.5 Å². The van der Waals surface area contributed by atoms with Crippen LogP contribution >= 0.6 is 0 Å². The molecule has 0 aromatic heterocycles. The number of anilines is 1. The first-order valence-electron chi connectivity index (χ1n) is 9.82. The summed E-state index contributed by atoms with van der Waals surface area (Å²) in [4.78, 5) is 26.3. The fourth-order valence-corrected chi connectivity index (χ4v) is 3.55. The number of carbonyl (C=O) groups excluding carboxylic acids is 2. The van der Waals surface area contributed by atoms with Gasteiger partial charge in [-0.05, 0) is 55.0 Å². The second-order valence-electron chi connectivity index (χ2n) is 7.34. The highest BCUT2D eigenvalue weighted by Crippen LogP contribution is 2.22. The molecule has 0 aliphatic carbocycles. The molecule has 1 aliphatic heterocycles. The molecule has 1 aliphatic rings. The molecule has 2 aromatic rings. The van der Waals surface area contributed by atoms with Crippen LogP contribution in [0.4, 0.5) is 19.3 Å². The Morgan fingerprint density at radius 2 is 1.79 bits per heavy atom. The van der Waals surface area contributed by atoms with E-state index in [0.29, 0.717) is 31.5 Å². The molecular formula is C22H25F2N3O2. The first-order valence-corrected chi connectivity index (χ1v) is 9.82. The van der Waals surface area contributed by atoms with Crippen LogP contribution < -0.4 is 10.6 Å². The highest BCUT2D eigenvalue weighted by atomic mass is 19.1. The van der Waals surface area contributed by atoms with Gasteiger partial charge in [-0.1, -0.05) is 18.2 Å². The second-order valence-corrected chi connectivity index (χ2v) is 7.34. The summed E-state index contributed by atoms with van der Waals surface area (Å²) >= 11 is 0. The Morgan fingerprint density at radius 1 is 1.07 bits per heavy atom. The van der Waals surface area contributed by atoms with E-state index in [1.54, 1.807) is 4.90 Å². The maximum atomic E-state index is 13.2. The van der Waals surface area contributed by atoms with Crippen LogP contribution in [0.2, 0.25) is 0 Å². The lowest BCUT2D eigenvalue weighted by Gasteiger charge is -2.32. The fourth-order valence-electron chi connectivity index (χ4n) is 3.55. The molecule has 1 fully saturated rings. The van der Waals surface area contributed by atoms with Crippen LogP contribution in [0.25, 0.3) is 0 Å². The summed E-state index contributed by atoms with van der Waals surface area (Å²) < 4.78 is 26.4. The minimum Gasteiger partial charge on any atom is -0.352 e. The Labute approximate surface area is 169 Å². The molecule has 3 rings (SSSR count). The molecule has 2 aromatic carbocycles. The number of rotatable bonds is 6. The van der Waals surface area contributed by atoms with Gasteiger partial charge in [0.05, 0.1) is 0 Å². The second kappa shape index (κ2) is 10.0. The number of hydrogen-bond acceptors (Lipinski definition) is 2. The summed E-state index contributed by atoms with van der Waals surface area (Å²) in [5.74, 6) is -1.24. The molecule has 29 heavy (non-hydrogen) atoms. The van der Waals surface area contributed by atoms with E-state index in [1.165, 1.54) is 12.1 Å². The van der Waals surface area contributed by atoms with Gasteiger partial charge in [0.15, 0.2) is 0 Å². The topological polar surface area (TPSA) is 61.4 Å². The molecule has 0 spiro atoms. The van der Waals surface area contributed by atoms with Gasteiger partial charge in [0.25, 0.3) is 0 Å². The van der Waals surface area contributed by atoms with Crippen molar-refractivity contribution in [3.8, 4) is 0 Å². The van der Waals surface area contributed by atoms with Gasteiger partial charge in [-0.3, -0.25) is 4.79 Å². The zero-order chi connectivity index (χ0) is 20.6. The quantitative estimate of drug-likeness (QED) is 0.758. The van der Waals surface area contributed by atoms with Crippen LogP contribution in [0.5, 0.6) is 0 Å². The monoisotopic (exact) mass is 401 g/mol. The Hall–Kier alpha value is -2.96. The average Bonchev–Trinajstić information content (AvgIpc) is 2.71. The number of benzene rings is 2. The zero-order valence-electron chi connectivity index (χ0n) is 16.2. The molecule has 7 heteroatoms. The summed E-state index contributed by atoms with van der Waals surface area (Å²) in [7, 11) is 0. The van der Waals surface area contributed by atoms with Crippen molar-refractivity contribution in [2.24, 2.45) is 5.92 Å². The molecule has 1 unspecified atom stereocenters. The molecule has 2 N–H and O–H groups in total. The SMILES string of the molecule is O=C(CCC1CCCN(C(=O)Nc2ccccc2)C1)NCc1cc(F)cc(F)c1. The molecule has 0 bridgehead atoms. The van der Waals surface area contributed by atoms with Gasteiger partial charge in [0, 0.05) is 37.8 Å². The van der Waals surface area contributed by atoms with Gasteiger partial charge in [-0.2, -0.15) is 0 Å². The number of para-hydroxylation sites is 1. The predicted octanol–water partition coefficient (Wildman–Crippen LogP) is 4.31. The third-order valence-electron chi connectivity index (χ3n) is 5.02. The van der Waals surface area contributed by atoms with Crippen molar-refractivity contribution < 1.29 is 18.4 Å². The predicted molar refractivity (Wildman–Crippen MR) is 107 cm³/mol. The molecule has 0 radical (unpaired) electrons. The highest BCUT2D eigenvalue weighted by Gasteiger charge is 2.24. The third-order valence-corrected chi connectivity index (χ3v) is 5.02. The summed E-state index contributed by atoms with van der Waals surface area (Å²) in [5, 5.41) is 5.59. The number of nitrogens with zero attached hydrogens (tertiary/aromatic N) is 1. The first-order chi connectivity index (χ1) is 14.0. The van der Waals surface area contributed by atoms with E-state index in [1.807, 2.05) is 30.3 Å². The van der Waals surface area contributed by atoms with Gasteiger partial charge in [0.2, 0.25) is 5.91 Å². The van der Waals surface area contributed by atoms with Gasteiger partial charge in [-0.25, -0.2) is 13.6 Å². The number of urea groups is 1. The Morgan fingerprint density at radius 3 is 2.52 bits per heavy atom. The van der Waals surface area contributed by atoms with Crippen molar-refractivity contribution in [2.45, 2.75) is 32.2 Å². The van der Waals surface area contributed by atoms with Crippen LogP contribution in [0.3, 0.4) is 0 Å².